The predicted octanol–water partition coefficient (Wildman–Crippen LogP) is 3.18. The van der Waals surface area contributed by atoms with Crippen LogP contribution in [0.1, 0.15) is 19.3 Å². The molecule has 0 aromatic heterocycles. The zero-order valence-electron chi connectivity index (χ0n) is 11.1. The number of hydrogen-bond acceptors (Lipinski definition) is 2. The number of rotatable bonds is 4. The summed E-state index contributed by atoms with van der Waals surface area (Å²) >= 11 is 0. The molecule has 0 spiro atoms. The average Bonchev–Trinajstić information content (AvgIpc) is 2.44. The van der Waals surface area contributed by atoms with Crippen molar-refractivity contribution >= 4 is 10.0 Å². The highest BCUT2D eigenvalue weighted by Gasteiger charge is 2.24. The second-order valence-electron chi connectivity index (χ2n) is 5.14. The van der Waals surface area contributed by atoms with Gasteiger partial charge < -0.3 is 0 Å². The van der Waals surface area contributed by atoms with E-state index in [4.69, 9.17) is 0 Å². The van der Waals surface area contributed by atoms with Crippen molar-refractivity contribution < 1.29 is 8.42 Å². The molecule has 0 heterocycles. The average molecular weight is 287 g/mol. The lowest BCUT2D eigenvalue weighted by Crippen LogP contribution is -2.39. The van der Waals surface area contributed by atoms with Gasteiger partial charge in [0.25, 0.3) is 0 Å². The van der Waals surface area contributed by atoms with E-state index in [1.807, 2.05) is 42.5 Å². The second-order valence-corrected chi connectivity index (χ2v) is 6.85. The third-order valence-electron chi connectivity index (χ3n) is 3.70. The van der Waals surface area contributed by atoms with Crippen molar-refractivity contribution in [3.63, 3.8) is 0 Å². The molecule has 3 nitrogen and oxygen atoms in total. The molecule has 2 aromatic rings. The largest absolute Gasteiger partial charge is 0.240 e. The lowest BCUT2D eigenvalue weighted by molar-refractivity contribution is 0.383. The fourth-order valence-electron chi connectivity index (χ4n) is 2.27. The van der Waals surface area contributed by atoms with E-state index in [9.17, 15) is 8.42 Å². The van der Waals surface area contributed by atoms with E-state index in [1.54, 1.807) is 12.1 Å². The third kappa shape index (κ3) is 2.76. The number of sulfonamides is 1. The van der Waals surface area contributed by atoms with Gasteiger partial charge in [0.1, 0.15) is 0 Å². The lowest BCUT2D eigenvalue weighted by atomic mass is 9.94. The highest BCUT2D eigenvalue weighted by molar-refractivity contribution is 7.89. The van der Waals surface area contributed by atoms with Gasteiger partial charge in [0.05, 0.1) is 4.90 Å². The molecule has 1 fully saturated rings. The van der Waals surface area contributed by atoms with Crippen LogP contribution in [0.4, 0.5) is 0 Å². The molecule has 0 bridgehead atoms. The molecule has 4 heteroatoms. The number of nitrogens with one attached hydrogen (secondary N) is 1. The molecule has 20 heavy (non-hydrogen) atoms. The van der Waals surface area contributed by atoms with Gasteiger partial charge in [0.2, 0.25) is 10.0 Å². The Morgan fingerprint density at radius 1 is 0.850 bits per heavy atom. The van der Waals surface area contributed by atoms with Crippen LogP contribution in [0.25, 0.3) is 11.1 Å². The van der Waals surface area contributed by atoms with E-state index >= 15 is 0 Å². The normalized spacial score (nSPS) is 15.8. The molecular formula is C16H17NO2S. The van der Waals surface area contributed by atoms with Gasteiger partial charge in [-0.1, -0.05) is 48.9 Å². The molecule has 104 valence electrons. The quantitative estimate of drug-likeness (QED) is 0.938. The van der Waals surface area contributed by atoms with Gasteiger partial charge in [-0.25, -0.2) is 13.1 Å². The topological polar surface area (TPSA) is 46.2 Å². The van der Waals surface area contributed by atoms with Crippen LogP contribution in [0, 0.1) is 0 Å². The molecule has 0 atom stereocenters. The van der Waals surface area contributed by atoms with Gasteiger partial charge in [-0.3, -0.25) is 0 Å². The van der Waals surface area contributed by atoms with E-state index < -0.39 is 10.0 Å². The molecule has 0 amide bonds. The molecule has 1 aliphatic carbocycles. The van der Waals surface area contributed by atoms with Crippen LogP contribution < -0.4 is 4.72 Å². The third-order valence-corrected chi connectivity index (χ3v) is 5.24. The first-order valence-electron chi connectivity index (χ1n) is 6.83. The first-order chi connectivity index (χ1) is 9.65. The first kappa shape index (κ1) is 13.3. The summed E-state index contributed by atoms with van der Waals surface area (Å²) < 4.78 is 27.1. The van der Waals surface area contributed by atoms with E-state index in [1.165, 1.54) is 0 Å². The number of hydrogen-bond donors (Lipinski definition) is 1. The highest BCUT2D eigenvalue weighted by atomic mass is 32.2. The Balaban J connectivity index is 1.82. The van der Waals surface area contributed by atoms with Crippen molar-refractivity contribution in [2.75, 3.05) is 0 Å². The van der Waals surface area contributed by atoms with E-state index in [0.717, 1.165) is 30.4 Å². The van der Waals surface area contributed by atoms with E-state index in [-0.39, 0.29) is 6.04 Å². The Kier molecular flexibility index (Phi) is 3.59. The molecular weight excluding hydrogens is 270 g/mol. The van der Waals surface area contributed by atoms with Crippen LogP contribution in [0.2, 0.25) is 0 Å². The van der Waals surface area contributed by atoms with Crippen LogP contribution >= 0.6 is 0 Å². The van der Waals surface area contributed by atoms with Crippen LogP contribution in [-0.4, -0.2) is 14.5 Å². The van der Waals surface area contributed by atoms with E-state index in [2.05, 4.69) is 4.72 Å². The molecule has 1 N–H and O–H groups in total. The smallest absolute Gasteiger partial charge is 0.208 e. The summed E-state index contributed by atoms with van der Waals surface area (Å²) in [6.07, 6.45) is 3.00. The minimum Gasteiger partial charge on any atom is -0.208 e. The fourth-order valence-corrected chi connectivity index (χ4v) is 3.58. The SMILES string of the molecule is O=S(=O)(NC1CCC1)c1ccc(-c2ccccc2)cc1. The maximum atomic E-state index is 12.2. The van der Waals surface area contributed by atoms with Crippen LogP contribution in [0.3, 0.4) is 0 Å². The van der Waals surface area contributed by atoms with Crippen molar-refractivity contribution in [3.05, 3.63) is 54.6 Å². The van der Waals surface area contributed by atoms with Crippen LogP contribution in [-0.2, 0) is 10.0 Å². The fraction of sp³-hybridized carbons (Fsp3) is 0.250. The number of benzene rings is 2. The Bertz CT molecular complexity index is 674. The maximum absolute atomic E-state index is 12.2. The molecule has 2 aromatic carbocycles. The molecule has 1 saturated carbocycles. The Labute approximate surface area is 119 Å². The Morgan fingerprint density at radius 2 is 1.45 bits per heavy atom. The molecule has 3 rings (SSSR count). The summed E-state index contributed by atoms with van der Waals surface area (Å²) in [7, 11) is -3.37. The summed E-state index contributed by atoms with van der Waals surface area (Å²) in [5, 5.41) is 0. The minimum absolute atomic E-state index is 0.119. The maximum Gasteiger partial charge on any atom is 0.240 e. The summed E-state index contributed by atoms with van der Waals surface area (Å²) in [5.41, 5.74) is 2.11. The van der Waals surface area contributed by atoms with Gasteiger partial charge in [0, 0.05) is 6.04 Å². The lowest BCUT2D eigenvalue weighted by Gasteiger charge is -2.26. The molecule has 0 aliphatic heterocycles. The Hall–Kier alpha value is -1.65. The van der Waals surface area contributed by atoms with Crippen LogP contribution in [0.5, 0.6) is 0 Å². The predicted molar refractivity (Wildman–Crippen MR) is 79.8 cm³/mol. The van der Waals surface area contributed by atoms with Gasteiger partial charge >= 0.3 is 0 Å². The second kappa shape index (κ2) is 5.38. The summed E-state index contributed by atoms with van der Waals surface area (Å²) in [6.45, 7) is 0. The standard InChI is InChI=1S/C16H17NO2S/c18-20(19,17-15-7-4-8-15)16-11-9-14(10-12-16)13-5-2-1-3-6-13/h1-3,5-6,9-12,15,17H,4,7-8H2. The zero-order valence-corrected chi connectivity index (χ0v) is 11.9. The van der Waals surface area contributed by atoms with Gasteiger partial charge in [-0.15, -0.1) is 0 Å². The van der Waals surface area contributed by atoms with Crippen molar-refractivity contribution in [2.45, 2.75) is 30.2 Å². The minimum atomic E-state index is -3.37. The van der Waals surface area contributed by atoms with Crippen molar-refractivity contribution in [2.24, 2.45) is 0 Å². The highest BCUT2D eigenvalue weighted by Crippen LogP contribution is 2.23. The summed E-state index contributed by atoms with van der Waals surface area (Å²) in [4.78, 5) is 0.337. The summed E-state index contributed by atoms with van der Waals surface area (Å²) in [6, 6.07) is 17.1. The van der Waals surface area contributed by atoms with Gasteiger partial charge in [-0.2, -0.15) is 0 Å². The van der Waals surface area contributed by atoms with Gasteiger partial charge in [0.15, 0.2) is 0 Å². The van der Waals surface area contributed by atoms with Crippen molar-refractivity contribution in [1.82, 2.24) is 4.72 Å². The van der Waals surface area contributed by atoms with Gasteiger partial charge in [-0.05, 0) is 36.1 Å². The van der Waals surface area contributed by atoms with E-state index in [0.29, 0.717) is 4.90 Å². The first-order valence-corrected chi connectivity index (χ1v) is 8.31. The molecule has 1 aliphatic rings. The van der Waals surface area contributed by atoms with Crippen LogP contribution in [0.15, 0.2) is 59.5 Å². The monoisotopic (exact) mass is 287 g/mol. The molecule has 0 radical (unpaired) electrons. The zero-order chi connectivity index (χ0) is 14.0. The molecule has 0 unspecified atom stereocenters. The molecule has 0 saturated heterocycles. The van der Waals surface area contributed by atoms with Crippen molar-refractivity contribution in [3.8, 4) is 11.1 Å². The summed E-state index contributed by atoms with van der Waals surface area (Å²) in [5.74, 6) is 0. The van der Waals surface area contributed by atoms with Crippen molar-refractivity contribution in [1.29, 1.82) is 0 Å². The Morgan fingerprint density at radius 3 is 2.00 bits per heavy atom.